The number of hydrogen-bond acceptors (Lipinski definition) is 7. The topological polar surface area (TPSA) is 101 Å². The van der Waals surface area contributed by atoms with Gasteiger partial charge in [0, 0.05) is 47.7 Å². The van der Waals surface area contributed by atoms with E-state index >= 15 is 0 Å². The predicted octanol–water partition coefficient (Wildman–Crippen LogP) is 4.02. The predicted molar refractivity (Wildman–Crippen MR) is 129 cm³/mol. The van der Waals surface area contributed by atoms with Crippen molar-refractivity contribution in [1.82, 2.24) is 15.0 Å². The maximum absolute atomic E-state index is 7.43. The van der Waals surface area contributed by atoms with Gasteiger partial charge in [-0.2, -0.15) is 0 Å². The minimum atomic E-state index is 0.196. The summed E-state index contributed by atoms with van der Waals surface area (Å²) in [5.41, 5.74) is 10.0. The van der Waals surface area contributed by atoms with E-state index < -0.39 is 0 Å². The second kappa shape index (κ2) is 8.36. The van der Waals surface area contributed by atoms with E-state index in [1.54, 1.807) is 6.20 Å². The highest BCUT2D eigenvalue weighted by Gasteiger charge is 2.23. The highest BCUT2D eigenvalue weighted by Crippen LogP contribution is 2.37. The molecule has 3 aromatic heterocycles. The average Bonchev–Trinajstić information content (AvgIpc) is 2.83. The van der Waals surface area contributed by atoms with Crippen molar-refractivity contribution in [2.75, 3.05) is 24.7 Å². The number of nitrogens with zero attached hydrogens (tertiary/aromatic N) is 4. The molecule has 0 aliphatic carbocycles. The standard InChI is InChI=1S/C25H24N6O/c1-16-15-32-11-10-31(16)23-12-20(21-14-28-13-17-4-2-3-5-18(17)21)19-7-9-29-25(24(19)30-23)22(27)6-8-26/h2-9,12-14,16,26H,10-11,15,27H2,1H3/b22-6-,26-8?. The molecule has 160 valence electrons. The molecular weight excluding hydrogens is 400 g/mol. The summed E-state index contributed by atoms with van der Waals surface area (Å²) >= 11 is 0. The summed E-state index contributed by atoms with van der Waals surface area (Å²) < 4.78 is 5.64. The lowest BCUT2D eigenvalue weighted by molar-refractivity contribution is 0.0986. The van der Waals surface area contributed by atoms with E-state index in [1.807, 2.05) is 30.6 Å². The molecule has 1 aliphatic rings. The van der Waals surface area contributed by atoms with Gasteiger partial charge in [-0.05, 0) is 36.1 Å². The number of nitrogens with two attached hydrogens (primary N) is 1. The van der Waals surface area contributed by atoms with Crippen LogP contribution in [0.4, 0.5) is 5.82 Å². The molecule has 1 fully saturated rings. The van der Waals surface area contributed by atoms with Crippen LogP contribution >= 0.6 is 0 Å². The van der Waals surface area contributed by atoms with Crippen LogP contribution in [0.2, 0.25) is 0 Å². The molecule has 4 aromatic rings. The molecule has 7 nitrogen and oxygen atoms in total. The molecule has 1 atom stereocenters. The van der Waals surface area contributed by atoms with Crippen molar-refractivity contribution in [3.63, 3.8) is 0 Å². The largest absolute Gasteiger partial charge is 0.397 e. The number of nitrogens with one attached hydrogen (secondary N) is 1. The lowest BCUT2D eigenvalue weighted by atomic mass is 9.97. The first kappa shape index (κ1) is 20.1. The molecule has 1 aromatic carbocycles. The Balaban J connectivity index is 1.84. The van der Waals surface area contributed by atoms with Gasteiger partial charge in [-0.25, -0.2) is 4.98 Å². The lowest BCUT2D eigenvalue weighted by Gasteiger charge is -2.34. The molecule has 0 amide bonds. The molecule has 4 heterocycles. The zero-order valence-corrected chi connectivity index (χ0v) is 17.8. The fraction of sp³-hybridized carbons (Fsp3) is 0.200. The first-order chi connectivity index (χ1) is 15.7. The van der Waals surface area contributed by atoms with Crippen LogP contribution in [0.5, 0.6) is 0 Å². The minimum absolute atomic E-state index is 0.196. The number of pyridine rings is 3. The molecule has 7 heteroatoms. The van der Waals surface area contributed by atoms with Crippen molar-refractivity contribution < 1.29 is 4.74 Å². The number of ether oxygens (including phenoxy) is 1. The number of aromatic nitrogens is 3. The summed E-state index contributed by atoms with van der Waals surface area (Å²) in [6, 6.07) is 12.5. The van der Waals surface area contributed by atoms with Gasteiger partial charge in [0.25, 0.3) is 0 Å². The van der Waals surface area contributed by atoms with E-state index in [4.69, 9.17) is 20.9 Å². The third kappa shape index (κ3) is 3.46. The van der Waals surface area contributed by atoms with E-state index in [0.29, 0.717) is 30.1 Å². The summed E-state index contributed by atoms with van der Waals surface area (Å²) in [5.74, 6) is 0.855. The van der Waals surface area contributed by atoms with Crippen LogP contribution in [0.3, 0.4) is 0 Å². The van der Waals surface area contributed by atoms with Gasteiger partial charge in [-0.1, -0.05) is 24.3 Å². The number of allylic oxidation sites excluding steroid dienone is 1. The van der Waals surface area contributed by atoms with Gasteiger partial charge >= 0.3 is 0 Å². The van der Waals surface area contributed by atoms with Gasteiger partial charge in [0.15, 0.2) is 0 Å². The molecule has 5 rings (SSSR count). The number of fused-ring (bicyclic) bond motifs is 2. The summed E-state index contributed by atoms with van der Waals surface area (Å²) in [4.78, 5) is 16.3. The van der Waals surface area contributed by atoms with Gasteiger partial charge in [-0.15, -0.1) is 0 Å². The highest BCUT2D eigenvalue weighted by atomic mass is 16.5. The molecule has 0 bridgehead atoms. The smallest absolute Gasteiger partial charge is 0.130 e. The zero-order valence-electron chi connectivity index (χ0n) is 17.8. The summed E-state index contributed by atoms with van der Waals surface area (Å²) in [6.07, 6.45) is 8.22. The van der Waals surface area contributed by atoms with E-state index in [-0.39, 0.29) is 6.04 Å². The minimum Gasteiger partial charge on any atom is -0.397 e. The Morgan fingerprint density at radius 1 is 1.19 bits per heavy atom. The Morgan fingerprint density at radius 2 is 2.06 bits per heavy atom. The number of benzene rings is 1. The number of rotatable bonds is 4. The van der Waals surface area contributed by atoms with Crippen LogP contribution in [0, 0.1) is 5.41 Å². The number of hydrogen-bond donors (Lipinski definition) is 2. The molecule has 1 saturated heterocycles. The molecular formula is C25H24N6O. The SMILES string of the molecule is CC1COCCN1c1cc(-c2cncc3ccccc23)c2ccnc(/C(N)=C/C=N)c2n1. The quantitative estimate of drug-likeness (QED) is 0.480. The maximum Gasteiger partial charge on any atom is 0.130 e. The van der Waals surface area contributed by atoms with Gasteiger partial charge in [0.2, 0.25) is 0 Å². The average molecular weight is 425 g/mol. The van der Waals surface area contributed by atoms with Gasteiger partial charge in [0.1, 0.15) is 17.0 Å². The van der Waals surface area contributed by atoms with Crippen molar-refractivity contribution in [2.45, 2.75) is 13.0 Å². The Kier molecular flexibility index (Phi) is 5.25. The molecule has 0 saturated carbocycles. The monoisotopic (exact) mass is 424 g/mol. The van der Waals surface area contributed by atoms with Gasteiger partial charge in [0.05, 0.1) is 25.0 Å². The lowest BCUT2D eigenvalue weighted by Crippen LogP contribution is -2.44. The molecule has 3 N–H and O–H groups in total. The first-order valence-electron chi connectivity index (χ1n) is 10.6. The third-order valence-corrected chi connectivity index (χ3v) is 5.87. The molecule has 0 radical (unpaired) electrons. The molecule has 0 spiro atoms. The van der Waals surface area contributed by atoms with E-state index in [9.17, 15) is 0 Å². The molecule has 1 unspecified atom stereocenters. The van der Waals surface area contributed by atoms with E-state index in [1.165, 1.54) is 12.3 Å². The van der Waals surface area contributed by atoms with E-state index in [2.05, 4.69) is 40.0 Å². The third-order valence-electron chi connectivity index (χ3n) is 5.87. The van der Waals surface area contributed by atoms with Crippen molar-refractivity contribution in [3.8, 4) is 11.1 Å². The second-order valence-corrected chi connectivity index (χ2v) is 7.90. The van der Waals surface area contributed by atoms with Gasteiger partial charge < -0.3 is 20.8 Å². The zero-order chi connectivity index (χ0) is 22.1. The number of anilines is 1. The Labute approximate surface area is 186 Å². The van der Waals surface area contributed by atoms with Crippen LogP contribution < -0.4 is 10.6 Å². The Morgan fingerprint density at radius 3 is 2.91 bits per heavy atom. The Bertz CT molecular complexity index is 1340. The van der Waals surface area contributed by atoms with Crippen LogP contribution in [-0.4, -0.2) is 47.0 Å². The summed E-state index contributed by atoms with van der Waals surface area (Å²) in [7, 11) is 0. The molecule has 1 aliphatic heterocycles. The summed E-state index contributed by atoms with van der Waals surface area (Å²) in [5, 5.41) is 10.6. The van der Waals surface area contributed by atoms with Crippen LogP contribution in [0.1, 0.15) is 12.6 Å². The van der Waals surface area contributed by atoms with Crippen LogP contribution in [0.15, 0.2) is 61.1 Å². The fourth-order valence-corrected chi connectivity index (χ4v) is 4.29. The summed E-state index contributed by atoms with van der Waals surface area (Å²) in [6.45, 7) is 4.21. The van der Waals surface area contributed by atoms with Crippen LogP contribution in [-0.2, 0) is 4.74 Å². The van der Waals surface area contributed by atoms with Crippen LogP contribution in [0.25, 0.3) is 38.5 Å². The number of morpholine rings is 1. The van der Waals surface area contributed by atoms with Crippen molar-refractivity contribution in [1.29, 1.82) is 5.41 Å². The van der Waals surface area contributed by atoms with Crippen molar-refractivity contribution in [3.05, 3.63) is 66.8 Å². The molecule has 32 heavy (non-hydrogen) atoms. The maximum atomic E-state index is 7.43. The first-order valence-corrected chi connectivity index (χ1v) is 10.6. The highest BCUT2D eigenvalue weighted by molar-refractivity contribution is 6.06. The van der Waals surface area contributed by atoms with Crippen molar-refractivity contribution in [2.24, 2.45) is 5.73 Å². The van der Waals surface area contributed by atoms with Gasteiger partial charge in [-0.3, -0.25) is 9.97 Å². The second-order valence-electron chi connectivity index (χ2n) is 7.90. The van der Waals surface area contributed by atoms with E-state index in [0.717, 1.165) is 39.6 Å². The fourth-order valence-electron chi connectivity index (χ4n) is 4.29. The Hall–Kier alpha value is -3.84. The normalized spacial score (nSPS) is 17.1. The van der Waals surface area contributed by atoms with Crippen molar-refractivity contribution >= 4 is 39.4 Å².